The summed E-state index contributed by atoms with van der Waals surface area (Å²) in [6.45, 7) is 1.39. The molecule has 0 bridgehead atoms. The van der Waals surface area contributed by atoms with Crippen molar-refractivity contribution in [1.82, 2.24) is 9.97 Å². The van der Waals surface area contributed by atoms with E-state index in [1.54, 1.807) is 0 Å². The summed E-state index contributed by atoms with van der Waals surface area (Å²) >= 11 is 0. The molecular formula is C8H12FN3O3S. The average Bonchev–Trinajstić information content (AvgIpc) is 2.19. The first-order chi connectivity index (χ1) is 7.39. The highest BCUT2D eigenvalue weighted by Crippen LogP contribution is 1.99. The zero-order valence-corrected chi connectivity index (χ0v) is 9.45. The molecule has 0 fully saturated rings. The largest absolute Gasteiger partial charge is 0.372 e. The number of ether oxygens (including phenoxy) is 1. The van der Waals surface area contributed by atoms with Crippen molar-refractivity contribution in [3.05, 3.63) is 24.0 Å². The highest BCUT2D eigenvalue weighted by Gasteiger charge is 2.15. The van der Waals surface area contributed by atoms with E-state index in [1.165, 1.54) is 6.92 Å². The number of hydrogen-bond donors (Lipinski definition) is 1. The van der Waals surface area contributed by atoms with Crippen LogP contribution in [0.2, 0.25) is 0 Å². The Labute approximate surface area is 92.7 Å². The maximum atomic E-state index is 12.4. The third-order valence-electron chi connectivity index (χ3n) is 1.82. The fraction of sp³-hybridized carbons (Fsp3) is 0.500. The van der Waals surface area contributed by atoms with Crippen LogP contribution in [0, 0.1) is 5.82 Å². The number of hydrogen-bond acceptors (Lipinski definition) is 5. The molecule has 0 saturated carbocycles. The van der Waals surface area contributed by atoms with Crippen LogP contribution in [-0.4, -0.2) is 30.2 Å². The van der Waals surface area contributed by atoms with Crippen molar-refractivity contribution in [3.8, 4) is 0 Å². The van der Waals surface area contributed by atoms with E-state index >= 15 is 0 Å². The fourth-order valence-corrected chi connectivity index (χ4v) is 1.11. The molecular weight excluding hydrogens is 237 g/mol. The molecule has 0 unspecified atom stereocenters. The van der Waals surface area contributed by atoms with Crippen molar-refractivity contribution >= 4 is 10.0 Å². The number of sulfonamides is 1. The molecule has 6 nitrogen and oxygen atoms in total. The molecule has 0 amide bonds. The lowest BCUT2D eigenvalue weighted by Crippen LogP contribution is -2.29. The van der Waals surface area contributed by atoms with E-state index in [-0.39, 0.29) is 19.0 Å². The smallest absolute Gasteiger partial charge is 0.213 e. The van der Waals surface area contributed by atoms with Crippen LogP contribution in [0.3, 0.4) is 0 Å². The minimum atomic E-state index is -3.59. The molecule has 1 atom stereocenters. The lowest BCUT2D eigenvalue weighted by atomic mass is 10.5. The van der Waals surface area contributed by atoms with Crippen LogP contribution in [0.25, 0.3) is 0 Å². The molecule has 8 heteroatoms. The SMILES string of the molecule is C[C@@H](COCc1ncc(F)cn1)S(N)(=O)=O. The molecule has 1 aromatic rings. The second-order valence-corrected chi connectivity index (χ2v) is 5.22. The van der Waals surface area contributed by atoms with Gasteiger partial charge >= 0.3 is 0 Å². The van der Waals surface area contributed by atoms with Crippen molar-refractivity contribution in [2.45, 2.75) is 18.8 Å². The third-order valence-corrected chi connectivity index (χ3v) is 3.08. The van der Waals surface area contributed by atoms with Crippen LogP contribution in [0.1, 0.15) is 12.7 Å². The van der Waals surface area contributed by atoms with Gasteiger partial charge in [0.1, 0.15) is 6.61 Å². The Morgan fingerprint density at radius 1 is 1.50 bits per heavy atom. The van der Waals surface area contributed by atoms with Crippen LogP contribution >= 0.6 is 0 Å². The summed E-state index contributed by atoms with van der Waals surface area (Å²) in [7, 11) is -3.59. The van der Waals surface area contributed by atoms with Crippen LogP contribution in [0.4, 0.5) is 4.39 Å². The molecule has 0 aliphatic carbocycles. The summed E-state index contributed by atoms with van der Waals surface area (Å²) in [6.07, 6.45) is 2.02. The maximum Gasteiger partial charge on any atom is 0.213 e. The van der Waals surface area contributed by atoms with Gasteiger partial charge in [0.25, 0.3) is 0 Å². The molecule has 2 N–H and O–H groups in total. The highest BCUT2D eigenvalue weighted by molar-refractivity contribution is 7.89. The Balaban J connectivity index is 2.39. The number of halogens is 1. The minimum Gasteiger partial charge on any atom is -0.372 e. The summed E-state index contributed by atoms with van der Waals surface area (Å²) in [5, 5.41) is 4.09. The lowest BCUT2D eigenvalue weighted by Gasteiger charge is -2.08. The number of primary sulfonamides is 1. The molecule has 16 heavy (non-hydrogen) atoms. The summed E-state index contributed by atoms with van der Waals surface area (Å²) in [6, 6.07) is 0. The molecule has 0 radical (unpaired) electrons. The summed E-state index contributed by atoms with van der Waals surface area (Å²) in [5.41, 5.74) is 0. The standard InChI is InChI=1S/C8H12FN3O3S/c1-6(16(10,13)14)4-15-5-8-11-2-7(9)3-12-8/h2-3,6H,4-5H2,1H3,(H2,10,13,14)/t6-/m0/s1. The second-order valence-electron chi connectivity index (χ2n) is 3.23. The van der Waals surface area contributed by atoms with Gasteiger partial charge in [0.2, 0.25) is 10.0 Å². The van der Waals surface area contributed by atoms with Crippen molar-refractivity contribution < 1.29 is 17.5 Å². The number of nitrogens with zero attached hydrogens (tertiary/aromatic N) is 2. The van der Waals surface area contributed by atoms with Gasteiger partial charge in [-0.1, -0.05) is 0 Å². The number of nitrogens with two attached hydrogens (primary N) is 1. The Kier molecular flexibility index (Phi) is 4.27. The van der Waals surface area contributed by atoms with E-state index in [4.69, 9.17) is 9.88 Å². The summed E-state index contributed by atoms with van der Waals surface area (Å²) in [4.78, 5) is 7.29. The van der Waals surface area contributed by atoms with E-state index in [1.807, 2.05) is 0 Å². The molecule has 1 heterocycles. The normalized spacial score (nSPS) is 13.7. The Morgan fingerprint density at radius 2 is 2.06 bits per heavy atom. The van der Waals surface area contributed by atoms with Crippen LogP contribution in [0.5, 0.6) is 0 Å². The third kappa shape index (κ3) is 4.17. The molecule has 90 valence electrons. The molecule has 0 aliphatic heterocycles. The average molecular weight is 249 g/mol. The number of rotatable bonds is 5. The first-order valence-corrected chi connectivity index (χ1v) is 6.06. The maximum absolute atomic E-state index is 12.4. The highest BCUT2D eigenvalue weighted by atomic mass is 32.2. The van der Waals surface area contributed by atoms with E-state index in [2.05, 4.69) is 9.97 Å². The van der Waals surface area contributed by atoms with Crippen molar-refractivity contribution in [1.29, 1.82) is 0 Å². The molecule has 0 spiro atoms. The topological polar surface area (TPSA) is 95.2 Å². The molecule has 0 saturated heterocycles. The number of aromatic nitrogens is 2. The van der Waals surface area contributed by atoms with E-state index in [9.17, 15) is 12.8 Å². The van der Waals surface area contributed by atoms with Crippen LogP contribution in [0.15, 0.2) is 12.4 Å². The molecule has 0 aromatic carbocycles. The lowest BCUT2D eigenvalue weighted by molar-refractivity contribution is 0.117. The zero-order valence-electron chi connectivity index (χ0n) is 8.63. The zero-order chi connectivity index (χ0) is 12.2. The van der Waals surface area contributed by atoms with Crippen molar-refractivity contribution in [2.75, 3.05) is 6.61 Å². The minimum absolute atomic E-state index is 0.0140. The van der Waals surface area contributed by atoms with Crippen LogP contribution in [-0.2, 0) is 21.4 Å². The summed E-state index contributed by atoms with van der Waals surface area (Å²) < 4.78 is 39.1. The molecule has 1 rings (SSSR count). The first kappa shape index (κ1) is 12.9. The van der Waals surface area contributed by atoms with Crippen molar-refractivity contribution in [3.63, 3.8) is 0 Å². The first-order valence-electron chi connectivity index (χ1n) is 4.45. The monoisotopic (exact) mass is 249 g/mol. The van der Waals surface area contributed by atoms with Crippen LogP contribution < -0.4 is 5.14 Å². The van der Waals surface area contributed by atoms with Gasteiger partial charge in [-0.15, -0.1) is 0 Å². The fourth-order valence-electron chi connectivity index (χ4n) is 0.825. The Morgan fingerprint density at radius 3 is 2.56 bits per heavy atom. The molecule has 1 aromatic heterocycles. The van der Waals surface area contributed by atoms with Gasteiger partial charge in [-0.3, -0.25) is 0 Å². The van der Waals surface area contributed by atoms with Gasteiger partial charge in [0.15, 0.2) is 11.6 Å². The Bertz CT molecular complexity index is 434. The Hall–Kier alpha value is -1.12. The van der Waals surface area contributed by atoms with Gasteiger partial charge in [-0.25, -0.2) is 27.9 Å². The predicted molar refractivity (Wildman–Crippen MR) is 54.2 cm³/mol. The van der Waals surface area contributed by atoms with E-state index in [0.29, 0.717) is 0 Å². The van der Waals surface area contributed by atoms with Gasteiger partial charge in [0, 0.05) is 0 Å². The van der Waals surface area contributed by atoms with E-state index < -0.39 is 21.1 Å². The van der Waals surface area contributed by atoms with Gasteiger partial charge in [-0.05, 0) is 6.92 Å². The van der Waals surface area contributed by atoms with Crippen molar-refractivity contribution in [2.24, 2.45) is 5.14 Å². The summed E-state index contributed by atoms with van der Waals surface area (Å²) in [5.74, 6) is -0.260. The second kappa shape index (κ2) is 5.28. The van der Waals surface area contributed by atoms with Gasteiger partial charge in [-0.2, -0.15) is 0 Å². The predicted octanol–water partition coefficient (Wildman–Crippen LogP) is -0.191. The molecule has 0 aliphatic rings. The van der Waals surface area contributed by atoms with E-state index in [0.717, 1.165) is 12.4 Å². The van der Waals surface area contributed by atoms with Gasteiger partial charge < -0.3 is 4.74 Å². The van der Waals surface area contributed by atoms with Gasteiger partial charge in [0.05, 0.1) is 24.3 Å². The quantitative estimate of drug-likeness (QED) is 0.780.